The van der Waals surface area contributed by atoms with Crippen LogP contribution in [0.15, 0.2) is 83.4 Å². The summed E-state index contributed by atoms with van der Waals surface area (Å²) in [7, 11) is 0. The minimum absolute atomic E-state index is 0.00393. The van der Waals surface area contributed by atoms with Gasteiger partial charge in [-0.1, -0.05) is 24.3 Å². The highest BCUT2D eigenvalue weighted by atomic mass is 32.1. The number of nitro groups is 1. The number of hydrogen-bond donors (Lipinski definition) is 1. The van der Waals surface area contributed by atoms with Crippen molar-refractivity contribution in [2.75, 3.05) is 4.90 Å². The second-order valence-corrected chi connectivity index (χ2v) is 8.63. The number of aryl methyl sites for hydroxylation is 2. The number of pyridine rings is 1. The molecule has 0 spiro atoms. The molecule has 0 radical (unpaired) electrons. The van der Waals surface area contributed by atoms with Crippen molar-refractivity contribution in [3.05, 3.63) is 112 Å². The molecule has 7 nitrogen and oxygen atoms in total. The monoisotopic (exact) mass is 470 g/mol. The normalized spacial score (nSPS) is 17.6. The van der Waals surface area contributed by atoms with E-state index in [-0.39, 0.29) is 17.8 Å². The van der Waals surface area contributed by atoms with Crippen LogP contribution in [-0.4, -0.2) is 15.0 Å². The Morgan fingerprint density at radius 2 is 1.82 bits per heavy atom. The average molecular weight is 471 g/mol. The lowest BCUT2D eigenvalue weighted by atomic mass is 10.0. The standard InChI is InChI=1S/C26H22N4O3S/c1-16-10-11-18(15-17(16)2)29-25(24(28-26(29)34)20-8-5-6-14-27-20)23-13-12-22(33-23)19-7-3-4-9-21(19)30(31)32/h3-15,24-25H,1-2H3,(H,28,34)/t24-,25+/m0/s1. The molecule has 0 unspecified atom stereocenters. The summed E-state index contributed by atoms with van der Waals surface area (Å²) in [5, 5.41) is 15.5. The van der Waals surface area contributed by atoms with Gasteiger partial charge in [0, 0.05) is 18.0 Å². The van der Waals surface area contributed by atoms with Gasteiger partial charge in [-0.3, -0.25) is 15.1 Å². The Balaban J connectivity index is 1.63. The molecular formula is C26H22N4O3S. The van der Waals surface area contributed by atoms with Gasteiger partial charge in [0.25, 0.3) is 5.69 Å². The Hall–Kier alpha value is -4.04. The zero-order valence-electron chi connectivity index (χ0n) is 18.6. The smallest absolute Gasteiger partial charge is 0.280 e. The molecule has 1 aliphatic rings. The number of nitro benzene ring substituents is 1. The SMILES string of the molecule is Cc1ccc(N2C(=S)N[C@@H](c3ccccn3)[C@H]2c2ccc(-c3ccccc3[N+](=O)[O-])o2)cc1C. The first-order chi connectivity index (χ1) is 16.4. The zero-order valence-corrected chi connectivity index (χ0v) is 19.5. The molecule has 1 N–H and O–H groups in total. The highest BCUT2D eigenvalue weighted by Crippen LogP contribution is 2.43. The Morgan fingerprint density at radius 1 is 1.03 bits per heavy atom. The molecule has 0 aliphatic carbocycles. The third-order valence-corrected chi connectivity index (χ3v) is 6.47. The van der Waals surface area contributed by atoms with Crippen LogP contribution in [0.1, 0.15) is 34.7 Å². The van der Waals surface area contributed by atoms with Crippen molar-refractivity contribution < 1.29 is 9.34 Å². The summed E-state index contributed by atoms with van der Waals surface area (Å²) in [6.07, 6.45) is 1.75. The molecule has 34 heavy (non-hydrogen) atoms. The van der Waals surface area contributed by atoms with Gasteiger partial charge in [0.15, 0.2) is 5.11 Å². The number of hydrogen-bond acceptors (Lipinski definition) is 5. The van der Waals surface area contributed by atoms with E-state index in [1.165, 1.54) is 11.6 Å². The van der Waals surface area contributed by atoms with Gasteiger partial charge < -0.3 is 14.6 Å². The largest absolute Gasteiger partial charge is 0.459 e. The predicted molar refractivity (Wildman–Crippen MR) is 135 cm³/mol. The Morgan fingerprint density at radius 3 is 2.56 bits per heavy atom. The number of nitrogens with one attached hydrogen (secondary N) is 1. The van der Waals surface area contributed by atoms with Crippen molar-refractivity contribution in [1.82, 2.24) is 10.3 Å². The molecule has 0 bridgehead atoms. The molecule has 5 rings (SSSR count). The van der Waals surface area contributed by atoms with Crippen LogP contribution in [0.2, 0.25) is 0 Å². The number of nitrogens with zero attached hydrogens (tertiary/aromatic N) is 3. The number of rotatable bonds is 5. The van der Waals surface area contributed by atoms with Crippen molar-refractivity contribution >= 4 is 28.7 Å². The summed E-state index contributed by atoms with van der Waals surface area (Å²) in [5.74, 6) is 1.06. The lowest BCUT2D eigenvalue weighted by Gasteiger charge is -2.26. The quantitative estimate of drug-likeness (QED) is 0.216. The summed E-state index contributed by atoms with van der Waals surface area (Å²) in [6.45, 7) is 4.13. The molecule has 4 aromatic rings. The summed E-state index contributed by atoms with van der Waals surface area (Å²) in [6, 6.07) is 21.6. The van der Waals surface area contributed by atoms with Gasteiger partial charge in [0.1, 0.15) is 17.6 Å². The van der Waals surface area contributed by atoms with E-state index in [0.29, 0.717) is 22.2 Å². The number of anilines is 1. The average Bonchev–Trinajstić information content (AvgIpc) is 3.46. The first-order valence-corrected chi connectivity index (χ1v) is 11.3. The van der Waals surface area contributed by atoms with E-state index in [4.69, 9.17) is 16.6 Å². The number of aromatic nitrogens is 1. The maximum absolute atomic E-state index is 11.6. The molecular weight excluding hydrogens is 448 g/mol. The summed E-state index contributed by atoms with van der Waals surface area (Å²) < 4.78 is 6.28. The number of benzene rings is 2. The van der Waals surface area contributed by atoms with Crippen molar-refractivity contribution in [1.29, 1.82) is 0 Å². The van der Waals surface area contributed by atoms with Gasteiger partial charge in [-0.25, -0.2) is 0 Å². The van der Waals surface area contributed by atoms with Gasteiger partial charge in [0.05, 0.1) is 22.2 Å². The van der Waals surface area contributed by atoms with Crippen molar-refractivity contribution in [2.24, 2.45) is 0 Å². The zero-order chi connectivity index (χ0) is 23.8. The Labute approximate surface area is 202 Å². The highest BCUT2D eigenvalue weighted by Gasteiger charge is 2.42. The predicted octanol–water partition coefficient (Wildman–Crippen LogP) is 6.04. The fraction of sp³-hybridized carbons (Fsp3) is 0.154. The molecule has 3 heterocycles. The van der Waals surface area contributed by atoms with E-state index in [9.17, 15) is 10.1 Å². The molecule has 170 valence electrons. The van der Waals surface area contributed by atoms with Gasteiger partial charge in [-0.15, -0.1) is 0 Å². The second-order valence-electron chi connectivity index (χ2n) is 8.24. The van der Waals surface area contributed by atoms with Crippen LogP contribution in [0.4, 0.5) is 11.4 Å². The Bertz CT molecular complexity index is 1390. The molecule has 2 aromatic carbocycles. The fourth-order valence-corrected chi connectivity index (χ4v) is 4.64. The lowest BCUT2D eigenvalue weighted by molar-refractivity contribution is -0.384. The first kappa shape index (κ1) is 21.8. The topological polar surface area (TPSA) is 84.4 Å². The van der Waals surface area contributed by atoms with E-state index < -0.39 is 4.92 Å². The summed E-state index contributed by atoms with van der Waals surface area (Å²) >= 11 is 5.76. The van der Waals surface area contributed by atoms with Crippen LogP contribution in [0.25, 0.3) is 11.3 Å². The second kappa shape index (κ2) is 8.72. The summed E-state index contributed by atoms with van der Waals surface area (Å²) in [5.41, 5.74) is 4.53. The maximum Gasteiger partial charge on any atom is 0.280 e. The number of para-hydroxylation sites is 1. The minimum Gasteiger partial charge on any atom is -0.459 e. The van der Waals surface area contributed by atoms with Crippen LogP contribution in [0, 0.1) is 24.0 Å². The Kier molecular flexibility index (Phi) is 5.59. The molecule has 1 fully saturated rings. The van der Waals surface area contributed by atoms with E-state index in [2.05, 4.69) is 36.3 Å². The fourth-order valence-electron chi connectivity index (χ4n) is 4.30. The van der Waals surface area contributed by atoms with Crippen molar-refractivity contribution in [2.45, 2.75) is 25.9 Å². The van der Waals surface area contributed by atoms with Crippen LogP contribution in [0.3, 0.4) is 0 Å². The summed E-state index contributed by atoms with van der Waals surface area (Å²) in [4.78, 5) is 17.7. The van der Waals surface area contributed by atoms with Crippen LogP contribution >= 0.6 is 12.2 Å². The van der Waals surface area contributed by atoms with Crippen LogP contribution in [-0.2, 0) is 0 Å². The molecule has 0 amide bonds. The van der Waals surface area contributed by atoms with Crippen LogP contribution < -0.4 is 10.2 Å². The van der Waals surface area contributed by atoms with E-state index in [0.717, 1.165) is 16.9 Å². The lowest BCUT2D eigenvalue weighted by Crippen LogP contribution is -2.29. The highest BCUT2D eigenvalue weighted by molar-refractivity contribution is 7.80. The molecule has 1 saturated heterocycles. The van der Waals surface area contributed by atoms with Gasteiger partial charge in [0.2, 0.25) is 0 Å². The van der Waals surface area contributed by atoms with Crippen LogP contribution in [0.5, 0.6) is 0 Å². The van der Waals surface area contributed by atoms with Crippen molar-refractivity contribution in [3.63, 3.8) is 0 Å². The maximum atomic E-state index is 11.6. The molecule has 2 aromatic heterocycles. The number of furan rings is 1. The molecule has 1 aliphatic heterocycles. The van der Waals surface area contributed by atoms with Gasteiger partial charge >= 0.3 is 0 Å². The molecule has 2 atom stereocenters. The third kappa shape index (κ3) is 3.82. The van der Waals surface area contributed by atoms with E-state index in [1.807, 2.05) is 35.2 Å². The third-order valence-electron chi connectivity index (χ3n) is 6.15. The molecule has 8 heteroatoms. The molecule has 0 saturated carbocycles. The van der Waals surface area contributed by atoms with Crippen molar-refractivity contribution in [3.8, 4) is 11.3 Å². The van der Waals surface area contributed by atoms with Gasteiger partial charge in [-0.2, -0.15) is 0 Å². The minimum atomic E-state index is -0.401. The first-order valence-electron chi connectivity index (χ1n) is 10.9. The number of thiocarbonyl (C=S) groups is 1. The van der Waals surface area contributed by atoms with E-state index >= 15 is 0 Å². The van der Waals surface area contributed by atoms with Gasteiger partial charge in [-0.05, 0) is 79.7 Å². The van der Waals surface area contributed by atoms with E-state index in [1.54, 1.807) is 30.5 Å².